The molecule has 6 heteroatoms. The van der Waals surface area contributed by atoms with Crippen molar-refractivity contribution in [3.63, 3.8) is 0 Å². The Morgan fingerprint density at radius 1 is 1.11 bits per heavy atom. The smallest absolute Gasteiger partial charge is 0.167 e. The van der Waals surface area contributed by atoms with Crippen LogP contribution in [0.15, 0.2) is 48.8 Å². The number of rotatable bonds is 4. The van der Waals surface area contributed by atoms with E-state index in [1.165, 1.54) is 25.1 Å². The summed E-state index contributed by atoms with van der Waals surface area (Å²) in [4.78, 5) is 13.6. The fraction of sp³-hybridized carbons (Fsp3) is 0.364. The maximum absolute atomic E-state index is 14.1. The van der Waals surface area contributed by atoms with Gasteiger partial charge in [-0.05, 0) is 25.0 Å². The molecule has 0 aliphatic carbocycles. The molecule has 1 atom stereocenters. The molecule has 1 unspecified atom stereocenters. The van der Waals surface area contributed by atoms with E-state index in [1.807, 2.05) is 0 Å². The predicted molar refractivity (Wildman–Crippen MR) is 109 cm³/mol. The van der Waals surface area contributed by atoms with Crippen LogP contribution in [0.1, 0.15) is 18.9 Å². The molecule has 0 amide bonds. The van der Waals surface area contributed by atoms with Gasteiger partial charge in [0.05, 0.1) is 12.6 Å². The fourth-order valence-corrected chi connectivity index (χ4v) is 3.82. The summed E-state index contributed by atoms with van der Waals surface area (Å²) in [6.45, 7) is 5.93. The van der Waals surface area contributed by atoms with Crippen LogP contribution in [0.3, 0.4) is 0 Å². The lowest BCUT2D eigenvalue weighted by Crippen LogP contribution is -2.34. The van der Waals surface area contributed by atoms with Crippen LogP contribution >= 0.6 is 0 Å². The van der Waals surface area contributed by atoms with Gasteiger partial charge in [0.15, 0.2) is 11.6 Å². The Morgan fingerprint density at radius 2 is 1.93 bits per heavy atom. The maximum atomic E-state index is 14.1. The van der Waals surface area contributed by atoms with Crippen molar-refractivity contribution in [3.8, 4) is 5.75 Å². The molecule has 0 saturated carbocycles. The molecular weight excluding hydrogens is 355 g/mol. The van der Waals surface area contributed by atoms with E-state index in [0.29, 0.717) is 11.6 Å². The monoisotopic (exact) mass is 380 g/mol. The van der Waals surface area contributed by atoms with Crippen LogP contribution in [0, 0.1) is 5.82 Å². The number of aromatic nitrogens is 2. The Balaban J connectivity index is 1.59. The van der Waals surface area contributed by atoms with E-state index in [9.17, 15) is 4.39 Å². The predicted octanol–water partition coefficient (Wildman–Crippen LogP) is 3.88. The Hall–Kier alpha value is -2.73. The van der Waals surface area contributed by atoms with Crippen molar-refractivity contribution < 1.29 is 9.13 Å². The van der Waals surface area contributed by atoms with Gasteiger partial charge < -0.3 is 9.64 Å². The second kappa shape index (κ2) is 8.10. The normalized spacial score (nSPS) is 18.2. The van der Waals surface area contributed by atoms with Gasteiger partial charge >= 0.3 is 0 Å². The van der Waals surface area contributed by atoms with Crippen molar-refractivity contribution in [1.82, 2.24) is 14.9 Å². The highest BCUT2D eigenvalue weighted by Gasteiger charge is 2.23. The molecule has 0 bridgehead atoms. The van der Waals surface area contributed by atoms with Gasteiger partial charge in [0.1, 0.15) is 12.1 Å². The first-order valence-electron chi connectivity index (χ1n) is 9.67. The molecule has 1 aliphatic heterocycles. The van der Waals surface area contributed by atoms with E-state index >= 15 is 0 Å². The number of halogens is 1. The summed E-state index contributed by atoms with van der Waals surface area (Å²) in [5.41, 5.74) is 1.93. The fourth-order valence-electron chi connectivity index (χ4n) is 3.82. The number of hydrogen-bond acceptors (Lipinski definition) is 5. The lowest BCUT2D eigenvalue weighted by molar-refractivity contribution is 0.212. The summed E-state index contributed by atoms with van der Waals surface area (Å²) < 4.78 is 19.2. The van der Waals surface area contributed by atoms with E-state index in [-0.39, 0.29) is 5.75 Å². The molecule has 0 N–H and O–H groups in total. The minimum atomic E-state index is -0.404. The lowest BCUT2D eigenvalue weighted by Gasteiger charge is -2.26. The number of ether oxygens (including phenoxy) is 1. The average Bonchev–Trinajstić information content (AvgIpc) is 2.89. The molecule has 2 heterocycles. The molecular formula is C22H25FN4O. The summed E-state index contributed by atoms with van der Waals surface area (Å²) >= 11 is 0. The van der Waals surface area contributed by atoms with Crippen molar-refractivity contribution in [3.05, 3.63) is 60.2 Å². The first-order valence-corrected chi connectivity index (χ1v) is 9.67. The van der Waals surface area contributed by atoms with Gasteiger partial charge in [-0.1, -0.05) is 30.3 Å². The van der Waals surface area contributed by atoms with Gasteiger partial charge in [-0.25, -0.2) is 14.4 Å². The van der Waals surface area contributed by atoms with Crippen molar-refractivity contribution in [1.29, 1.82) is 0 Å². The van der Waals surface area contributed by atoms with E-state index in [0.717, 1.165) is 43.8 Å². The van der Waals surface area contributed by atoms with Gasteiger partial charge in [0, 0.05) is 43.7 Å². The molecule has 1 aliphatic rings. The molecule has 2 aromatic carbocycles. The van der Waals surface area contributed by atoms with Crippen LogP contribution in [0.2, 0.25) is 0 Å². The van der Waals surface area contributed by atoms with E-state index < -0.39 is 5.82 Å². The largest absolute Gasteiger partial charge is 0.494 e. The van der Waals surface area contributed by atoms with Crippen LogP contribution in [0.4, 0.5) is 10.2 Å². The topological polar surface area (TPSA) is 41.5 Å². The summed E-state index contributed by atoms with van der Waals surface area (Å²) in [7, 11) is 1.47. The molecule has 28 heavy (non-hydrogen) atoms. The van der Waals surface area contributed by atoms with Crippen LogP contribution < -0.4 is 9.64 Å². The lowest BCUT2D eigenvalue weighted by atomic mass is 10.1. The van der Waals surface area contributed by atoms with Gasteiger partial charge in [-0.3, -0.25) is 4.90 Å². The molecule has 1 fully saturated rings. The standard InChI is InChI=1S/C22H25FN4O/c1-16-8-9-26(10-11-27(16)14-17-6-4-3-5-7-17)22-18-12-21(28-2)19(23)13-20(18)24-15-25-22/h3-7,12-13,15-16H,8-11,14H2,1-2H3. The highest BCUT2D eigenvalue weighted by atomic mass is 19.1. The van der Waals surface area contributed by atoms with Gasteiger partial charge in [0.2, 0.25) is 0 Å². The van der Waals surface area contributed by atoms with Gasteiger partial charge in [0.25, 0.3) is 0 Å². The summed E-state index contributed by atoms with van der Waals surface area (Å²) in [5, 5.41) is 0.824. The Kier molecular flexibility index (Phi) is 5.39. The van der Waals surface area contributed by atoms with Crippen molar-refractivity contribution in [2.75, 3.05) is 31.6 Å². The summed E-state index contributed by atoms with van der Waals surface area (Å²) in [5.74, 6) is 0.660. The first-order chi connectivity index (χ1) is 13.7. The Morgan fingerprint density at radius 3 is 2.71 bits per heavy atom. The van der Waals surface area contributed by atoms with Crippen molar-refractivity contribution in [2.24, 2.45) is 0 Å². The Labute approximate surface area is 164 Å². The minimum Gasteiger partial charge on any atom is -0.494 e. The van der Waals surface area contributed by atoms with Crippen LogP contribution in [-0.2, 0) is 6.54 Å². The number of anilines is 1. The maximum Gasteiger partial charge on any atom is 0.167 e. The third-order valence-corrected chi connectivity index (χ3v) is 5.51. The molecule has 4 rings (SSSR count). The zero-order valence-electron chi connectivity index (χ0n) is 16.3. The van der Waals surface area contributed by atoms with Crippen molar-refractivity contribution in [2.45, 2.75) is 25.9 Å². The molecule has 5 nitrogen and oxygen atoms in total. The number of hydrogen-bond donors (Lipinski definition) is 0. The van der Waals surface area contributed by atoms with Crippen LogP contribution in [0.25, 0.3) is 10.9 Å². The highest BCUT2D eigenvalue weighted by Crippen LogP contribution is 2.30. The number of benzene rings is 2. The minimum absolute atomic E-state index is 0.220. The van der Waals surface area contributed by atoms with Crippen molar-refractivity contribution >= 4 is 16.7 Å². The average molecular weight is 380 g/mol. The molecule has 146 valence electrons. The van der Waals surface area contributed by atoms with E-state index in [4.69, 9.17) is 4.74 Å². The molecule has 0 spiro atoms. The summed E-state index contributed by atoms with van der Waals surface area (Å²) in [6.07, 6.45) is 2.55. The molecule has 0 radical (unpaired) electrons. The molecule has 3 aromatic rings. The molecule has 1 aromatic heterocycles. The van der Waals surface area contributed by atoms with Gasteiger partial charge in [-0.15, -0.1) is 0 Å². The third-order valence-electron chi connectivity index (χ3n) is 5.51. The van der Waals surface area contributed by atoms with E-state index in [1.54, 1.807) is 6.07 Å². The second-order valence-corrected chi connectivity index (χ2v) is 7.28. The second-order valence-electron chi connectivity index (χ2n) is 7.28. The summed E-state index contributed by atoms with van der Waals surface area (Å²) in [6, 6.07) is 14.2. The quantitative estimate of drug-likeness (QED) is 0.687. The first kappa shape index (κ1) is 18.6. The highest BCUT2D eigenvalue weighted by molar-refractivity contribution is 5.90. The molecule has 1 saturated heterocycles. The van der Waals surface area contributed by atoms with E-state index in [2.05, 4.69) is 57.0 Å². The number of nitrogens with zero attached hydrogens (tertiary/aromatic N) is 4. The third kappa shape index (κ3) is 3.78. The SMILES string of the molecule is COc1cc2c(N3CCC(C)N(Cc4ccccc4)CC3)ncnc2cc1F. The zero-order valence-corrected chi connectivity index (χ0v) is 16.3. The zero-order chi connectivity index (χ0) is 19.5. The van der Waals surface area contributed by atoms with Crippen LogP contribution in [0.5, 0.6) is 5.75 Å². The number of methoxy groups -OCH3 is 1. The number of fused-ring (bicyclic) bond motifs is 1. The van der Waals surface area contributed by atoms with Crippen LogP contribution in [-0.4, -0.2) is 47.7 Å². The van der Waals surface area contributed by atoms with Gasteiger partial charge in [-0.2, -0.15) is 0 Å². The Bertz CT molecular complexity index is 950.